The molecule has 2 aromatic heterocycles. The standard InChI is InChI=1S/C29H40N8O3/c1-29(2,39)24-9-8-10-25(32-24)33-26-21(27(38)36(5)6)18-30-28(34-26)31-19-11-12-22(23(17-19)40-7)37-15-13-20(14-16-37)35(3)4/h8-12,17-18,20,39H,13-16H2,1-7H3,(H2,30,31,32,33,34). The second-order valence-electron chi connectivity index (χ2n) is 10.9. The number of methoxy groups -OCH3 is 1. The quantitative estimate of drug-likeness (QED) is 0.364. The number of piperidine rings is 1. The van der Waals surface area contributed by atoms with E-state index in [9.17, 15) is 9.90 Å². The fourth-order valence-electron chi connectivity index (χ4n) is 4.67. The summed E-state index contributed by atoms with van der Waals surface area (Å²) in [6.07, 6.45) is 3.69. The molecule has 0 aliphatic carbocycles. The third kappa shape index (κ3) is 6.78. The lowest BCUT2D eigenvalue weighted by Gasteiger charge is -2.37. The minimum Gasteiger partial charge on any atom is -0.495 e. The number of carbonyl (C=O) groups is 1. The second-order valence-corrected chi connectivity index (χ2v) is 10.9. The van der Waals surface area contributed by atoms with E-state index in [1.165, 1.54) is 11.1 Å². The molecule has 0 atom stereocenters. The highest BCUT2D eigenvalue weighted by Crippen LogP contribution is 2.34. The van der Waals surface area contributed by atoms with Crippen LogP contribution in [0.25, 0.3) is 0 Å². The Morgan fingerprint density at radius 1 is 1.07 bits per heavy atom. The lowest BCUT2D eigenvalue weighted by molar-refractivity contribution is 0.0739. The van der Waals surface area contributed by atoms with E-state index in [0.717, 1.165) is 43.1 Å². The first kappa shape index (κ1) is 29.0. The normalized spacial score (nSPS) is 14.3. The maximum Gasteiger partial charge on any atom is 0.258 e. The molecule has 3 heterocycles. The summed E-state index contributed by atoms with van der Waals surface area (Å²) >= 11 is 0. The van der Waals surface area contributed by atoms with E-state index in [-0.39, 0.29) is 5.91 Å². The van der Waals surface area contributed by atoms with Gasteiger partial charge >= 0.3 is 0 Å². The molecular weight excluding hydrogens is 508 g/mol. The number of aliphatic hydroxyl groups is 1. The van der Waals surface area contributed by atoms with Crippen LogP contribution in [0.2, 0.25) is 0 Å². The maximum atomic E-state index is 12.9. The lowest BCUT2D eigenvalue weighted by atomic mass is 10.0. The zero-order valence-electron chi connectivity index (χ0n) is 24.4. The summed E-state index contributed by atoms with van der Waals surface area (Å²) < 4.78 is 5.75. The van der Waals surface area contributed by atoms with Gasteiger partial charge in [-0.1, -0.05) is 6.07 Å². The van der Waals surface area contributed by atoms with Gasteiger partial charge in [0.2, 0.25) is 5.95 Å². The van der Waals surface area contributed by atoms with Crippen LogP contribution in [-0.2, 0) is 5.60 Å². The van der Waals surface area contributed by atoms with E-state index >= 15 is 0 Å². The molecule has 11 heteroatoms. The second kappa shape index (κ2) is 12.1. The molecule has 0 bridgehead atoms. The number of carbonyl (C=O) groups excluding carboxylic acids is 1. The van der Waals surface area contributed by atoms with E-state index in [4.69, 9.17) is 4.74 Å². The topological polar surface area (TPSA) is 119 Å². The smallest absolute Gasteiger partial charge is 0.258 e. The Hall–Kier alpha value is -3.96. The molecule has 0 radical (unpaired) electrons. The molecule has 1 aromatic carbocycles. The van der Waals surface area contributed by atoms with Crippen molar-refractivity contribution >= 4 is 34.9 Å². The van der Waals surface area contributed by atoms with Crippen LogP contribution in [-0.4, -0.2) is 90.2 Å². The van der Waals surface area contributed by atoms with Crippen LogP contribution in [0.3, 0.4) is 0 Å². The van der Waals surface area contributed by atoms with Crippen molar-refractivity contribution in [3.63, 3.8) is 0 Å². The maximum absolute atomic E-state index is 12.9. The van der Waals surface area contributed by atoms with E-state index in [0.29, 0.717) is 34.9 Å². The number of hydrogen-bond acceptors (Lipinski definition) is 10. The third-order valence-electron chi connectivity index (χ3n) is 7.02. The molecular formula is C29H40N8O3. The zero-order valence-corrected chi connectivity index (χ0v) is 24.4. The Kier molecular flexibility index (Phi) is 8.75. The summed E-state index contributed by atoms with van der Waals surface area (Å²) in [5, 5.41) is 16.8. The van der Waals surface area contributed by atoms with Gasteiger partial charge in [-0.3, -0.25) is 4.79 Å². The molecule has 214 valence electrons. The summed E-state index contributed by atoms with van der Waals surface area (Å²) in [7, 11) is 9.28. The minimum atomic E-state index is -1.12. The van der Waals surface area contributed by atoms with Crippen molar-refractivity contribution < 1.29 is 14.6 Å². The van der Waals surface area contributed by atoms with Gasteiger partial charge in [0.05, 0.1) is 18.5 Å². The number of rotatable bonds is 9. The molecule has 1 aliphatic heterocycles. The van der Waals surface area contributed by atoms with Gasteiger partial charge in [-0.25, -0.2) is 9.97 Å². The molecule has 1 amide bonds. The van der Waals surface area contributed by atoms with Crippen LogP contribution in [0, 0.1) is 0 Å². The van der Waals surface area contributed by atoms with Crippen molar-refractivity contribution in [1.29, 1.82) is 0 Å². The number of pyridine rings is 1. The summed E-state index contributed by atoms with van der Waals surface area (Å²) in [6, 6.07) is 11.8. The van der Waals surface area contributed by atoms with Crippen LogP contribution < -0.4 is 20.3 Å². The van der Waals surface area contributed by atoms with Gasteiger partial charge in [-0.2, -0.15) is 4.98 Å². The largest absolute Gasteiger partial charge is 0.495 e. The van der Waals surface area contributed by atoms with Crippen LogP contribution in [0.5, 0.6) is 5.75 Å². The number of hydrogen-bond donors (Lipinski definition) is 3. The van der Waals surface area contributed by atoms with Crippen molar-refractivity contribution in [3.05, 3.63) is 53.9 Å². The van der Waals surface area contributed by atoms with Crippen LogP contribution in [0.1, 0.15) is 42.7 Å². The Balaban J connectivity index is 1.59. The van der Waals surface area contributed by atoms with Crippen molar-refractivity contribution in [2.45, 2.75) is 38.3 Å². The van der Waals surface area contributed by atoms with Gasteiger partial charge in [-0.05, 0) is 65.0 Å². The summed E-state index contributed by atoms with van der Waals surface area (Å²) in [4.78, 5) is 32.5. The number of nitrogens with one attached hydrogen (secondary N) is 2. The predicted molar refractivity (Wildman–Crippen MR) is 158 cm³/mol. The molecule has 3 aromatic rings. The fourth-order valence-corrected chi connectivity index (χ4v) is 4.67. The van der Waals surface area contributed by atoms with Gasteiger partial charge in [0.25, 0.3) is 5.91 Å². The summed E-state index contributed by atoms with van der Waals surface area (Å²) in [5.41, 5.74) is 1.47. The van der Waals surface area contributed by atoms with Crippen LogP contribution in [0.15, 0.2) is 42.6 Å². The molecule has 11 nitrogen and oxygen atoms in total. The minimum absolute atomic E-state index is 0.253. The van der Waals surface area contributed by atoms with Crippen molar-refractivity contribution in [2.75, 3.05) is 63.9 Å². The van der Waals surface area contributed by atoms with Crippen molar-refractivity contribution in [3.8, 4) is 5.75 Å². The van der Waals surface area contributed by atoms with Gasteiger partial charge in [0.1, 0.15) is 28.5 Å². The summed E-state index contributed by atoms with van der Waals surface area (Å²) in [5.74, 6) is 1.55. The lowest BCUT2D eigenvalue weighted by Crippen LogP contribution is -2.42. The molecule has 1 saturated heterocycles. The number of aromatic nitrogens is 3. The first-order valence-electron chi connectivity index (χ1n) is 13.4. The Labute approximate surface area is 236 Å². The summed E-state index contributed by atoms with van der Waals surface area (Å²) in [6.45, 7) is 5.26. The van der Waals surface area contributed by atoms with Crippen LogP contribution in [0.4, 0.5) is 29.0 Å². The molecule has 4 rings (SSSR count). The number of amides is 1. The number of anilines is 5. The fraction of sp³-hybridized carbons (Fsp3) is 0.448. The monoisotopic (exact) mass is 548 g/mol. The number of benzene rings is 1. The highest BCUT2D eigenvalue weighted by atomic mass is 16.5. The molecule has 3 N–H and O–H groups in total. The average Bonchev–Trinajstić information content (AvgIpc) is 2.92. The van der Waals surface area contributed by atoms with Crippen molar-refractivity contribution in [2.24, 2.45) is 0 Å². The average molecular weight is 549 g/mol. The Morgan fingerprint density at radius 3 is 2.42 bits per heavy atom. The first-order chi connectivity index (χ1) is 19.0. The molecule has 1 fully saturated rings. The third-order valence-corrected chi connectivity index (χ3v) is 7.02. The molecule has 0 spiro atoms. The first-order valence-corrected chi connectivity index (χ1v) is 13.4. The van der Waals surface area contributed by atoms with Gasteiger partial charge in [0.15, 0.2) is 0 Å². The van der Waals surface area contributed by atoms with Gasteiger partial charge < -0.3 is 35.2 Å². The van der Waals surface area contributed by atoms with E-state index < -0.39 is 5.60 Å². The molecule has 1 aliphatic rings. The Bertz CT molecular complexity index is 1330. The number of nitrogens with zero attached hydrogens (tertiary/aromatic N) is 6. The highest BCUT2D eigenvalue weighted by Gasteiger charge is 2.24. The predicted octanol–water partition coefficient (Wildman–Crippen LogP) is 3.83. The zero-order chi connectivity index (χ0) is 29.0. The highest BCUT2D eigenvalue weighted by molar-refractivity contribution is 5.99. The van der Waals surface area contributed by atoms with E-state index in [2.05, 4.69) is 49.5 Å². The molecule has 0 unspecified atom stereocenters. The Morgan fingerprint density at radius 2 is 1.80 bits per heavy atom. The van der Waals surface area contributed by atoms with Crippen LogP contribution >= 0.6 is 0 Å². The van der Waals surface area contributed by atoms with Gasteiger partial charge in [0, 0.05) is 51.2 Å². The number of ether oxygens (including phenoxy) is 1. The molecule has 0 saturated carbocycles. The van der Waals surface area contributed by atoms with Crippen molar-refractivity contribution in [1.82, 2.24) is 24.8 Å². The molecule has 40 heavy (non-hydrogen) atoms. The SMILES string of the molecule is COc1cc(Nc2ncc(C(=O)N(C)C)c(Nc3cccc(C(C)(C)O)n3)n2)ccc1N1CCC(N(C)C)CC1. The van der Waals surface area contributed by atoms with E-state index in [1.807, 2.05) is 18.2 Å². The van der Waals surface area contributed by atoms with E-state index in [1.54, 1.807) is 53.3 Å². The van der Waals surface area contributed by atoms with Gasteiger partial charge in [-0.15, -0.1) is 0 Å².